The van der Waals surface area contributed by atoms with Gasteiger partial charge in [0.25, 0.3) is 11.5 Å². The second-order valence-electron chi connectivity index (χ2n) is 6.03. The number of hydrogen-bond acceptors (Lipinski definition) is 6. The number of nitrogens with zero attached hydrogens (tertiary/aromatic N) is 3. The minimum atomic E-state index is -0.370. The molecule has 1 amide bonds. The summed E-state index contributed by atoms with van der Waals surface area (Å²) in [5.74, 6) is 1.52. The van der Waals surface area contributed by atoms with Crippen molar-refractivity contribution in [2.45, 2.75) is 20.8 Å². The Morgan fingerprint density at radius 3 is 2.43 bits per heavy atom. The normalized spacial score (nSPS) is 10.5. The lowest BCUT2D eigenvalue weighted by molar-refractivity contribution is -0.118. The maximum absolute atomic E-state index is 12.3. The summed E-state index contributed by atoms with van der Waals surface area (Å²) in [4.78, 5) is 30.8. The zero-order valence-corrected chi connectivity index (χ0v) is 15.9. The molecular formula is C19H21N5O4. The van der Waals surface area contributed by atoms with E-state index >= 15 is 0 Å². The zero-order chi connectivity index (χ0) is 20.1. The quantitative estimate of drug-likeness (QED) is 0.645. The molecule has 9 heteroatoms. The second-order valence-corrected chi connectivity index (χ2v) is 6.03. The van der Waals surface area contributed by atoms with Gasteiger partial charge >= 0.3 is 0 Å². The Labute approximate surface area is 161 Å². The summed E-state index contributed by atoms with van der Waals surface area (Å²) >= 11 is 0. The molecule has 28 heavy (non-hydrogen) atoms. The second kappa shape index (κ2) is 8.38. The Balaban J connectivity index is 1.68. The van der Waals surface area contributed by atoms with Crippen LogP contribution in [0, 0.1) is 13.8 Å². The summed E-state index contributed by atoms with van der Waals surface area (Å²) < 4.78 is 12.2. The van der Waals surface area contributed by atoms with Gasteiger partial charge in [-0.05, 0) is 45.0 Å². The van der Waals surface area contributed by atoms with Crippen LogP contribution in [-0.4, -0.2) is 38.9 Å². The SMILES string of the molecule is CCOc1ccc(OCC(=O)Nc2cc(C)nn2-c2nc(C)cc(=O)[nH]2)cc1. The topological polar surface area (TPSA) is 111 Å². The standard InChI is InChI=1S/C19H21N5O4/c1-4-27-14-5-7-15(8-6-14)28-11-18(26)21-16-9-13(3)23-24(16)19-20-12(2)10-17(25)22-19/h5-10H,4,11H2,1-3H3,(H,21,26)(H,20,22,25). The first-order chi connectivity index (χ1) is 13.4. The van der Waals surface area contributed by atoms with Crippen LogP contribution in [0.2, 0.25) is 0 Å². The Morgan fingerprint density at radius 1 is 1.11 bits per heavy atom. The summed E-state index contributed by atoms with van der Waals surface area (Å²) in [6.45, 7) is 5.78. The van der Waals surface area contributed by atoms with Crippen LogP contribution in [0.25, 0.3) is 5.95 Å². The minimum Gasteiger partial charge on any atom is -0.494 e. The van der Waals surface area contributed by atoms with Gasteiger partial charge < -0.3 is 14.8 Å². The monoisotopic (exact) mass is 383 g/mol. The van der Waals surface area contributed by atoms with Crippen molar-refractivity contribution in [3.63, 3.8) is 0 Å². The smallest absolute Gasteiger partial charge is 0.263 e. The van der Waals surface area contributed by atoms with Gasteiger partial charge in [-0.2, -0.15) is 9.78 Å². The summed E-state index contributed by atoms with van der Waals surface area (Å²) in [6.07, 6.45) is 0. The van der Waals surface area contributed by atoms with Gasteiger partial charge in [-0.3, -0.25) is 14.6 Å². The number of anilines is 1. The average Bonchev–Trinajstić information content (AvgIpc) is 3.01. The molecule has 146 valence electrons. The van der Waals surface area contributed by atoms with Gasteiger partial charge in [0.05, 0.1) is 12.3 Å². The van der Waals surface area contributed by atoms with Gasteiger partial charge in [0.2, 0.25) is 5.95 Å². The molecule has 3 rings (SSSR count). The van der Waals surface area contributed by atoms with Crippen LogP contribution < -0.4 is 20.3 Å². The molecule has 0 saturated carbocycles. The fourth-order valence-corrected chi connectivity index (χ4v) is 2.54. The van der Waals surface area contributed by atoms with E-state index < -0.39 is 0 Å². The number of ether oxygens (including phenoxy) is 2. The van der Waals surface area contributed by atoms with Crippen LogP contribution in [0.5, 0.6) is 11.5 Å². The number of amides is 1. The van der Waals surface area contributed by atoms with Crippen molar-refractivity contribution in [2.24, 2.45) is 0 Å². The molecule has 0 aliphatic rings. The van der Waals surface area contributed by atoms with Gasteiger partial charge in [-0.25, -0.2) is 4.98 Å². The molecule has 0 spiro atoms. The Bertz CT molecular complexity index is 1020. The molecule has 1 aromatic carbocycles. The molecule has 0 radical (unpaired) electrons. The van der Waals surface area contributed by atoms with Crippen LogP contribution >= 0.6 is 0 Å². The first-order valence-electron chi connectivity index (χ1n) is 8.75. The van der Waals surface area contributed by atoms with Crippen molar-refractivity contribution in [1.82, 2.24) is 19.7 Å². The van der Waals surface area contributed by atoms with E-state index in [1.807, 2.05) is 6.92 Å². The highest BCUT2D eigenvalue weighted by atomic mass is 16.5. The third-order valence-corrected chi connectivity index (χ3v) is 3.66. The molecule has 9 nitrogen and oxygen atoms in total. The lowest BCUT2D eigenvalue weighted by atomic mass is 10.3. The van der Waals surface area contributed by atoms with Crippen molar-refractivity contribution in [3.05, 3.63) is 58.1 Å². The van der Waals surface area contributed by atoms with Gasteiger partial charge in [0.1, 0.15) is 17.3 Å². The van der Waals surface area contributed by atoms with E-state index in [1.54, 1.807) is 44.2 Å². The van der Waals surface area contributed by atoms with Crippen molar-refractivity contribution >= 4 is 11.7 Å². The lowest BCUT2D eigenvalue weighted by Gasteiger charge is -2.10. The van der Waals surface area contributed by atoms with Gasteiger partial charge in [0, 0.05) is 17.8 Å². The number of H-pyrrole nitrogens is 1. The van der Waals surface area contributed by atoms with E-state index in [2.05, 4.69) is 20.4 Å². The number of rotatable bonds is 7. The number of aryl methyl sites for hydroxylation is 2. The van der Waals surface area contributed by atoms with Gasteiger partial charge in [-0.1, -0.05) is 0 Å². The Morgan fingerprint density at radius 2 is 1.79 bits per heavy atom. The Hall–Kier alpha value is -3.62. The molecule has 2 heterocycles. The van der Waals surface area contributed by atoms with Crippen LogP contribution in [0.1, 0.15) is 18.3 Å². The van der Waals surface area contributed by atoms with E-state index in [1.165, 1.54) is 10.7 Å². The van der Waals surface area contributed by atoms with Crippen LogP contribution in [-0.2, 0) is 4.79 Å². The minimum absolute atomic E-state index is 0.185. The molecule has 0 fully saturated rings. The summed E-state index contributed by atoms with van der Waals surface area (Å²) in [5, 5.41) is 7.00. The van der Waals surface area contributed by atoms with Gasteiger partial charge in [-0.15, -0.1) is 0 Å². The van der Waals surface area contributed by atoms with E-state index in [-0.39, 0.29) is 24.0 Å². The average molecular weight is 383 g/mol. The van der Waals surface area contributed by atoms with Crippen molar-refractivity contribution in [1.29, 1.82) is 0 Å². The third-order valence-electron chi connectivity index (χ3n) is 3.66. The van der Waals surface area contributed by atoms with E-state index in [0.717, 1.165) is 5.75 Å². The maximum Gasteiger partial charge on any atom is 0.263 e. The molecule has 0 aliphatic carbocycles. The first kappa shape index (κ1) is 19.2. The number of benzene rings is 1. The zero-order valence-electron chi connectivity index (χ0n) is 15.9. The maximum atomic E-state index is 12.3. The predicted molar refractivity (Wildman–Crippen MR) is 103 cm³/mol. The molecule has 2 N–H and O–H groups in total. The number of aromatic amines is 1. The molecule has 2 aromatic heterocycles. The fraction of sp³-hybridized carbons (Fsp3) is 0.263. The fourth-order valence-electron chi connectivity index (χ4n) is 2.54. The van der Waals surface area contributed by atoms with Crippen LogP contribution in [0.3, 0.4) is 0 Å². The first-order valence-corrected chi connectivity index (χ1v) is 8.75. The summed E-state index contributed by atoms with van der Waals surface area (Å²) in [7, 11) is 0. The molecule has 3 aromatic rings. The highest BCUT2D eigenvalue weighted by Crippen LogP contribution is 2.18. The number of aromatic nitrogens is 4. The summed E-state index contributed by atoms with van der Waals surface area (Å²) in [5.41, 5.74) is 0.904. The largest absolute Gasteiger partial charge is 0.494 e. The van der Waals surface area contributed by atoms with E-state index in [0.29, 0.717) is 29.6 Å². The molecular weight excluding hydrogens is 362 g/mol. The van der Waals surface area contributed by atoms with Crippen molar-refractivity contribution < 1.29 is 14.3 Å². The van der Waals surface area contributed by atoms with E-state index in [4.69, 9.17) is 9.47 Å². The van der Waals surface area contributed by atoms with Crippen molar-refractivity contribution in [2.75, 3.05) is 18.5 Å². The van der Waals surface area contributed by atoms with Crippen molar-refractivity contribution in [3.8, 4) is 17.4 Å². The highest BCUT2D eigenvalue weighted by Gasteiger charge is 2.13. The number of hydrogen-bond donors (Lipinski definition) is 2. The lowest BCUT2D eigenvalue weighted by Crippen LogP contribution is -2.23. The summed E-state index contributed by atoms with van der Waals surface area (Å²) in [6, 6.07) is 10.1. The highest BCUT2D eigenvalue weighted by molar-refractivity contribution is 5.91. The molecule has 0 bridgehead atoms. The molecule has 0 aliphatic heterocycles. The van der Waals surface area contributed by atoms with E-state index in [9.17, 15) is 9.59 Å². The number of nitrogens with one attached hydrogen (secondary N) is 2. The third kappa shape index (κ3) is 4.76. The van der Waals surface area contributed by atoms with Crippen LogP contribution in [0.4, 0.5) is 5.82 Å². The molecule has 0 unspecified atom stereocenters. The predicted octanol–water partition coefficient (Wildman–Crippen LogP) is 1.99. The number of carbonyl (C=O) groups is 1. The Kier molecular flexibility index (Phi) is 5.73. The molecule has 0 atom stereocenters. The van der Waals surface area contributed by atoms with Gasteiger partial charge in [0.15, 0.2) is 6.61 Å². The van der Waals surface area contributed by atoms with Crippen LogP contribution in [0.15, 0.2) is 41.2 Å². The number of carbonyl (C=O) groups excluding carboxylic acids is 1. The molecule has 0 saturated heterocycles.